The fourth-order valence-electron chi connectivity index (χ4n) is 3.34. The van der Waals surface area contributed by atoms with E-state index in [0.717, 1.165) is 13.1 Å². The summed E-state index contributed by atoms with van der Waals surface area (Å²) in [6, 6.07) is 18.6. The number of rotatable bonds is 5. The molecule has 3 rings (SSSR count). The van der Waals surface area contributed by atoms with Crippen LogP contribution in [0.1, 0.15) is 17.0 Å². The summed E-state index contributed by atoms with van der Waals surface area (Å²) in [5.74, 6) is 1.40. The summed E-state index contributed by atoms with van der Waals surface area (Å²) in [7, 11) is 0. The van der Waals surface area contributed by atoms with Gasteiger partial charge in [-0.2, -0.15) is 0 Å². The summed E-state index contributed by atoms with van der Waals surface area (Å²) in [6.45, 7) is 4.25. The van der Waals surface area contributed by atoms with Gasteiger partial charge in [-0.3, -0.25) is 4.79 Å². The minimum absolute atomic E-state index is 0. The van der Waals surface area contributed by atoms with Crippen LogP contribution in [0.2, 0.25) is 0 Å². The Morgan fingerprint density at radius 1 is 1.12 bits per heavy atom. The van der Waals surface area contributed by atoms with Gasteiger partial charge in [0.25, 0.3) is 0 Å². The molecule has 1 fully saturated rings. The lowest BCUT2D eigenvalue weighted by molar-refractivity contribution is -0.127. The van der Waals surface area contributed by atoms with Crippen molar-refractivity contribution < 1.29 is 4.79 Å². The second-order valence-corrected chi connectivity index (χ2v) is 7.38. The average molecular weight is 377 g/mol. The van der Waals surface area contributed by atoms with E-state index in [0.29, 0.717) is 24.1 Å². The topological polar surface area (TPSA) is 46.3 Å². The molecule has 1 saturated heterocycles. The molecule has 5 heteroatoms. The summed E-state index contributed by atoms with van der Waals surface area (Å²) in [5.41, 5.74) is 8.47. The zero-order valence-electron chi connectivity index (χ0n) is 14.4. The summed E-state index contributed by atoms with van der Waals surface area (Å²) in [4.78, 5) is 15.8. The first kappa shape index (κ1) is 19.8. The number of carbonyl (C=O) groups excluding carboxylic acids is 1. The molecule has 2 aromatic rings. The maximum Gasteiger partial charge on any atom is 0.232 e. The summed E-state index contributed by atoms with van der Waals surface area (Å²) in [5, 5.41) is 0. The van der Waals surface area contributed by atoms with Crippen molar-refractivity contribution in [2.45, 2.75) is 17.7 Å². The Balaban J connectivity index is 0.00000225. The lowest BCUT2D eigenvalue weighted by atomic mass is 9.89. The SMILES string of the molecule is Cc1ccccc1SCC(=O)N1C[C@@H](CN)[C@H](c2ccccc2)C1.Cl. The van der Waals surface area contributed by atoms with Gasteiger partial charge in [0, 0.05) is 23.9 Å². The Labute approximate surface area is 160 Å². The van der Waals surface area contributed by atoms with E-state index in [-0.39, 0.29) is 18.3 Å². The molecule has 134 valence electrons. The van der Waals surface area contributed by atoms with Crippen LogP contribution in [0, 0.1) is 12.8 Å². The second-order valence-electron chi connectivity index (χ2n) is 6.37. The van der Waals surface area contributed by atoms with Crippen molar-refractivity contribution in [3.05, 3.63) is 65.7 Å². The predicted octanol–water partition coefficient (Wildman–Crippen LogP) is 3.71. The maximum absolute atomic E-state index is 12.6. The number of aryl methyl sites for hydroxylation is 1. The third-order valence-electron chi connectivity index (χ3n) is 4.77. The third-order valence-corrected chi connectivity index (χ3v) is 5.93. The van der Waals surface area contributed by atoms with Crippen LogP contribution in [0.25, 0.3) is 0 Å². The number of carbonyl (C=O) groups is 1. The monoisotopic (exact) mass is 376 g/mol. The molecule has 0 spiro atoms. The molecular weight excluding hydrogens is 352 g/mol. The van der Waals surface area contributed by atoms with E-state index in [9.17, 15) is 4.79 Å². The van der Waals surface area contributed by atoms with Crippen LogP contribution in [0.4, 0.5) is 0 Å². The third kappa shape index (κ3) is 4.78. The molecule has 2 aromatic carbocycles. The Kier molecular flexibility index (Phi) is 7.36. The molecule has 0 bridgehead atoms. The van der Waals surface area contributed by atoms with Gasteiger partial charge in [-0.25, -0.2) is 0 Å². The number of hydrogen-bond acceptors (Lipinski definition) is 3. The standard InChI is InChI=1S/C20H24N2OS.ClH/c1-15-7-5-6-10-19(15)24-14-20(23)22-12-17(11-21)18(13-22)16-8-3-2-4-9-16;/h2-10,17-18H,11-14,21H2,1H3;1H/t17-,18+;/m1./s1. The Morgan fingerprint density at radius 3 is 2.48 bits per heavy atom. The van der Waals surface area contributed by atoms with Crippen LogP contribution in [0.3, 0.4) is 0 Å². The highest BCUT2D eigenvalue weighted by molar-refractivity contribution is 8.00. The number of hydrogen-bond donors (Lipinski definition) is 1. The number of nitrogens with zero attached hydrogens (tertiary/aromatic N) is 1. The van der Waals surface area contributed by atoms with Crippen molar-refractivity contribution in [2.24, 2.45) is 11.7 Å². The smallest absolute Gasteiger partial charge is 0.232 e. The molecule has 25 heavy (non-hydrogen) atoms. The number of amides is 1. The minimum atomic E-state index is 0. The van der Waals surface area contributed by atoms with Crippen molar-refractivity contribution in [3.63, 3.8) is 0 Å². The Hall–Kier alpha value is -1.49. The molecular formula is C20H25ClN2OS. The Bertz CT molecular complexity index is 695. The van der Waals surface area contributed by atoms with Crippen molar-refractivity contribution in [1.82, 2.24) is 4.90 Å². The quantitative estimate of drug-likeness (QED) is 0.809. The first-order valence-corrected chi connectivity index (χ1v) is 9.39. The zero-order chi connectivity index (χ0) is 16.9. The fourth-order valence-corrected chi connectivity index (χ4v) is 4.27. The van der Waals surface area contributed by atoms with Crippen molar-refractivity contribution >= 4 is 30.1 Å². The van der Waals surface area contributed by atoms with Crippen molar-refractivity contribution in [2.75, 3.05) is 25.4 Å². The number of benzene rings is 2. The van der Waals surface area contributed by atoms with E-state index in [1.807, 2.05) is 23.1 Å². The number of halogens is 1. The molecule has 0 unspecified atom stereocenters. The molecule has 0 radical (unpaired) electrons. The van der Waals surface area contributed by atoms with Gasteiger partial charge in [0.1, 0.15) is 0 Å². The molecule has 2 atom stereocenters. The van der Waals surface area contributed by atoms with Gasteiger partial charge in [0.05, 0.1) is 5.75 Å². The first-order chi connectivity index (χ1) is 11.7. The van der Waals surface area contributed by atoms with Gasteiger partial charge >= 0.3 is 0 Å². The molecule has 0 aliphatic carbocycles. The minimum Gasteiger partial charge on any atom is -0.341 e. The normalized spacial score (nSPS) is 19.5. The van der Waals surface area contributed by atoms with Crippen LogP contribution in [-0.2, 0) is 4.79 Å². The van der Waals surface area contributed by atoms with Gasteiger partial charge in [0.15, 0.2) is 0 Å². The fraction of sp³-hybridized carbons (Fsp3) is 0.350. The molecule has 1 heterocycles. The van der Waals surface area contributed by atoms with E-state index in [4.69, 9.17) is 5.73 Å². The van der Waals surface area contributed by atoms with Gasteiger partial charge in [-0.1, -0.05) is 48.5 Å². The number of likely N-dealkylation sites (tertiary alicyclic amines) is 1. The first-order valence-electron chi connectivity index (χ1n) is 8.40. The zero-order valence-corrected chi connectivity index (χ0v) is 16.1. The van der Waals surface area contributed by atoms with Crippen LogP contribution in [0.5, 0.6) is 0 Å². The van der Waals surface area contributed by atoms with Gasteiger partial charge in [-0.15, -0.1) is 24.2 Å². The maximum atomic E-state index is 12.6. The molecule has 1 aliphatic rings. The van der Waals surface area contributed by atoms with E-state index >= 15 is 0 Å². The van der Waals surface area contributed by atoms with Gasteiger partial charge in [-0.05, 0) is 36.6 Å². The van der Waals surface area contributed by atoms with Crippen molar-refractivity contribution in [1.29, 1.82) is 0 Å². The largest absolute Gasteiger partial charge is 0.341 e. The molecule has 2 N–H and O–H groups in total. The van der Waals surface area contributed by atoms with E-state index in [1.165, 1.54) is 16.0 Å². The van der Waals surface area contributed by atoms with E-state index in [2.05, 4.69) is 43.3 Å². The summed E-state index contributed by atoms with van der Waals surface area (Å²) in [6.07, 6.45) is 0. The lowest BCUT2D eigenvalue weighted by Gasteiger charge is -2.17. The molecule has 0 aromatic heterocycles. The summed E-state index contributed by atoms with van der Waals surface area (Å²) < 4.78 is 0. The average Bonchev–Trinajstić information content (AvgIpc) is 3.06. The highest BCUT2D eigenvalue weighted by Gasteiger charge is 2.35. The highest BCUT2D eigenvalue weighted by atomic mass is 35.5. The van der Waals surface area contributed by atoms with Crippen LogP contribution >= 0.6 is 24.2 Å². The Morgan fingerprint density at radius 2 is 1.80 bits per heavy atom. The second kappa shape index (κ2) is 9.27. The van der Waals surface area contributed by atoms with E-state index < -0.39 is 0 Å². The van der Waals surface area contributed by atoms with Crippen LogP contribution in [0.15, 0.2) is 59.5 Å². The molecule has 0 saturated carbocycles. The molecule has 3 nitrogen and oxygen atoms in total. The highest BCUT2D eigenvalue weighted by Crippen LogP contribution is 2.32. The number of nitrogens with two attached hydrogens (primary N) is 1. The predicted molar refractivity (Wildman–Crippen MR) is 107 cm³/mol. The van der Waals surface area contributed by atoms with Gasteiger partial charge in [0.2, 0.25) is 5.91 Å². The van der Waals surface area contributed by atoms with Crippen LogP contribution < -0.4 is 5.73 Å². The lowest BCUT2D eigenvalue weighted by Crippen LogP contribution is -2.31. The summed E-state index contributed by atoms with van der Waals surface area (Å²) >= 11 is 1.63. The molecule has 1 aliphatic heterocycles. The van der Waals surface area contributed by atoms with Crippen molar-refractivity contribution in [3.8, 4) is 0 Å². The molecule has 1 amide bonds. The number of thioether (sulfide) groups is 1. The van der Waals surface area contributed by atoms with Gasteiger partial charge < -0.3 is 10.6 Å². The van der Waals surface area contributed by atoms with Crippen LogP contribution in [-0.4, -0.2) is 36.2 Å². The van der Waals surface area contributed by atoms with E-state index in [1.54, 1.807) is 11.8 Å².